The molecule has 3 heteroatoms. The SMILES string of the molecule is CCC1CCCCN1c1ccc(Cl)cc1CO. The molecule has 1 saturated heterocycles. The number of nitrogens with zero attached hydrogens (tertiary/aromatic N) is 1. The van der Waals surface area contributed by atoms with Crippen LogP contribution in [0.2, 0.25) is 5.02 Å². The molecule has 0 bridgehead atoms. The summed E-state index contributed by atoms with van der Waals surface area (Å²) in [7, 11) is 0. The maximum atomic E-state index is 9.45. The van der Waals surface area contributed by atoms with Gasteiger partial charge in [-0.25, -0.2) is 0 Å². The Morgan fingerprint density at radius 1 is 1.41 bits per heavy atom. The van der Waals surface area contributed by atoms with Crippen LogP contribution in [0.25, 0.3) is 0 Å². The quantitative estimate of drug-likeness (QED) is 0.890. The van der Waals surface area contributed by atoms with Crippen LogP contribution in [0.4, 0.5) is 5.69 Å². The molecule has 0 amide bonds. The standard InChI is InChI=1S/C14H20ClNO/c1-2-13-5-3-4-8-16(13)14-7-6-12(15)9-11(14)10-17/h6-7,9,13,17H,2-5,8,10H2,1H3. The predicted octanol–water partition coefficient (Wildman–Crippen LogP) is 3.60. The first-order valence-electron chi connectivity index (χ1n) is 6.42. The highest BCUT2D eigenvalue weighted by Crippen LogP contribution is 2.31. The van der Waals surface area contributed by atoms with E-state index in [-0.39, 0.29) is 6.61 Å². The maximum absolute atomic E-state index is 9.45. The monoisotopic (exact) mass is 253 g/mol. The molecule has 94 valence electrons. The summed E-state index contributed by atoms with van der Waals surface area (Å²) >= 11 is 5.98. The van der Waals surface area contributed by atoms with Crippen LogP contribution >= 0.6 is 11.6 Å². The smallest absolute Gasteiger partial charge is 0.0702 e. The van der Waals surface area contributed by atoms with Crippen molar-refractivity contribution >= 4 is 17.3 Å². The number of aliphatic hydroxyl groups excluding tert-OH is 1. The van der Waals surface area contributed by atoms with E-state index in [0.29, 0.717) is 11.1 Å². The first-order valence-corrected chi connectivity index (χ1v) is 6.80. The molecule has 1 aromatic rings. The van der Waals surface area contributed by atoms with Gasteiger partial charge in [0.25, 0.3) is 0 Å². The number of aliphatic hydroxyl groups is 1. The Hall–Kier alpha value is -0.730. The Labute approximate surface area is 108 Å². The van der Waals surface area contributed by atoms with Crippen molar-refractivity contribution in [2.75, 3.05) is 11.4 Å². The van der Waals surface area contributed by atoms with Crippen molar-refractivity contribution in [1.29, 1.82) is 0 Å². The number of rotatable bonds is 3. The lowest BCUT2D eigenvalue weighted by atomic mass is 9.98. The lowest BCUT2D eigenvalue weighted by Gasteiger charge is -2.38. The summed E-state index contributed by atoms with van der Waals surface area (Å²) < 4.78 is 0. The van der Waals surface area contributed by atoms with Gasteiger partial charge in [0.2, 0.25) is 0 Å². The van der Waals surface area contributed by atoms with Crippen LogP contribution in [0.3, 0.4) is 0 Å². The van der Waals surface area contributed by atoms with Gasteiger partial charge in [-0.15, -0.1) is 0 Å². The summed E-state index contributed by atoms with van der Waals surface area (Å²) in [4.78, 5) is 2.44. The van der Waals surface area contributed by atoms with E-state index in [1.807, 2.05) is 18.2 Å². The third-order valence-electron chi connectivity index (χ3n) is 3.62. The zero-order valence-corrected chi connectivity index (χ0v) is 11.1. The number of anilines is 1. The Balaban J connectivity index is 2.30. The minimum atomic E-state index is 0.0584. The minimum absolute atomic E-state index is 0.0584. The van der Waals surface area contributed by atoms with Crippen LogP contribution in [0, 0.1) is 0 Å². The molecule has 1 atom stereocenters. The van der Waals surface area contributed by atoms with Crippen molar-refractivity contribution in [3.05, 3.63) is 28.8 Å². The molecule has 1 fully saturated rings. The Morgan fingerprint density at radius 3 is 2.94 bits per heavy atom. The lowest BCUT2D eigenvalue weighted by molar-refractivity contribution is 0.281. The summed E-state index contributed by atoms with van der Waals surface area (Å²) in [6.07, 6.45) is 4.97. The van der Waals surface area contributed by atoms with E-state index in [1.165, 1.54) is 19.3 Å². The van der Waals surface area contributed by atoms with Crippen molar-refractivity contribution in [2.24, 2.45) is 0 Å². The Morgan fingerprint density at radius 2 is 2.24 bits per heavy atom. The highest BCUT2D eigenvalue weighted by molar-refractivity contribution is 6.30. The van der Waals surface area contributed by atoms with Crippen molar-refractivity contribution in [1.82, 2.24) is 0 Å². The highest BCUT2D eigenvalue weighted by Gasteiger charge is 2.22. The fourth-order valence-corrected chi connectivity index (χ4v) is 2.90. The summed E-state index contributed by atoms with van der Waals surface area (Å²) in [5.74, 6) is 0. The Bertz CT molecular complexity index is 380. The molecule has 0 spiro atoms. The summed E-state index contributed by atoms with van der Waals surface area (Å²) in [6.45, 7) is 3.38. The zero-order valence-electron chi connectivity index (χ0n) is 10.3. The molecule has 0 aliphatic carbocycles. The molecule has 1 unspecified atom stereocenters. The molecular weight excluding hydrogens is 234 g/mol. The van der Waals surface area contributed by atoms with Gasteiger partial charge in [-0.3, -0.25) is 0 Å². The van der Waals surface area contributed by atoms with E-state index in [4.69, 9.17) is 11.6 Å². The average molecular weight is 254 g/mol. The van der Waals surface area contributed by atoms with Crippen LogP contribution in [-0.4, -0.2) is 17.7 Å². The van der Waals surface area contributed by atoms with E-state index in [2.05, 4.69) is 11.8 Å². The van der Waals surface area contributed by atoms with E-state index >= 15 is 0 Å². The van der Waals surface area contributed by atoms with Gasteiger partial charge in [-0.1, -0.05) is 18.5 Å². The molecule has 1 heterocycles. The predicted molar refractivity (Wildman–Crippen MR) is 72.7 cm³/mol. The van der Waals surface area contributed by atoms with E-state index in [1.54, 1.807) is 0 Å². The third-order valence-corrected chi connectivity index (χ3v) is 3.85. The van der Waals surface area contributed by atoms with Crippen molar-refractivity contribution in [3.8, 4) is 0 Å². The summed E-state index contributed by atoms with van der Waals surface area (Å²) in [5, 5.41) is 10.1. The largest absolute Gasteiger partial charge is 0.392 e. The maximum Gasteiger partial charge on any atom is 0.0702 e. The topological polar surface area (TPSA) is 23.5 Å². The van der Waals surface area contributed by atoms with Gasteiger partial charge in [0, 0.05) is 28.9 Å². The van der Waals surface area contributed by atoms with Crippen molar-refractivity contribution in [3.63, 3.8) is 0 Å². The van der Waals surface area contributed by atoms with Crippen LogP contribution in [0.15, 0.2) is 18.2 Å². The molecule has 17 heavy (non-hydrogen) atoms. The zero-order chi connectivity index (χ0) is 12.3. The van der Waals surface area contributed by atoms with Crippen LogP contribution in [0.5, 0.6) is 0 Å². The fraction of sp³-hybridized carbons (Fsp3) is 0.571. The lowest BCUT2D eigenvalue weighted by Crippen LogP contribution is -2.39. The van der Waals surface area contributed by atoms with Gasteiger partial charge in [-0.05, 0) is 43.9 Å². The average Bonchev–Trinajstić information content (AvgIpc) is 2.38. The van der Waals surface area contributed by atoms with Crippen LogP contribution in [0.1, 0.15) is 38.2 Å². The van der Waals surface area contributed by atoms with Gasteiger partial charge < -0.3 is 10.0 Å². The molecule has 0 radical (unpaired) electrons. The second-order valence-electron chi connectivity index (χ2n) is 4.68. The second kappa shape index (κ2) is 5.74. The molecule has 2 nitrogen and oxygen atoms in total. The van der Waals surface area contributed by atoms with E-state index in [0.717, 1.165) is 24.2 Å². The van der Waals surface area contributed by atoms with Crippen LogP contribution in [-0.2, 0) is 6.61 Å². The van der Waals surface area contributed by atoms with E-state index in [9.17, 15) is 5.11 Å². The summed E-state index contributed by atoms with van der Waals surface area (Å²) in [5.41, 5.74) is 2.10. The number of piperidine rings is 1. The third kappa shape index (κ3) is 2.75. The fourth-order valence-electron chi connectivity index (χ4n) is 2.70. The first-order chi connectivity index (χ1) is 8.26. The minimum Gasteiger partial charge on any atom is -0.392 e. The summed E-state index contributed by atoms with van der Waals surface area (Å²) in [6, 6.07) is 6.44. The van der Waals surface area contributed by atoms with Gasteiger partial charge in [0.05, 0.1) is 6.61 Å². The van der Waals surface area contributed by atoms with Crippen molar-refractivity contribution < 1.29 is 5.11 Å². The number of benzene rings is 1. The van der Waals surface area contributed by atoms with Gasteiger partial charge in [0.15, 0.2) is 0 Å². The molecule has 1 aliphatic rings. The highest BCUT2D eigenvalue weighted by atomic mass is 35.5. The number of hydrogen-bond donors (Lipinski definition) is 1. The molecule has 0 saturated carbocycles. The van der Waals surface area contributed by atoms with Gasteiger partial charge in [0.1, 0.15) is 0 Å². The van der Waals surface area contributed by atoms with E-state index < -0.39 is 0 Å². The Kier molecular flexibility index (Phi) is 4.30. The first kappa shape index (κ1) is 12.7. The number of hydrogen-bond acceptors (Lipinski definition) is 2. The van der Waals surface area contributed by atoms with Gasteiger partial charge in [-0.2, -0.15) is 0 Å². The second-order valence-corrected chi connectivity index (χ2v) is 5.12. The molecule has 0 aromatic heterocycles. The number of halogens is 1. The molecule has 1 aromatic carbocycles. The molecule has 1 aliphatic heterocycles. The molecule has 1 N–H and O–H groups in total. The van der Waals surface area contributed by atoms with Crippen molar-refractivity contribution in [2.45, 2.75) is 45.3 Å². The molecule has 2 rings (SSSR count). The molecular formula is C14H20ClNO. The van der Waals surface area contributed by atoms with Gasteiger partial charge >= 0.3 is 0 Å². The van der Waals surface area contributed by atoms with Crippen LogP contribution < -0.4 is 4.90 Å². The normalized spacial score (nSPS) is 20.6.